The molecule has 2 amide bonds. The lowest BCUT2D eigenvalue weighted by Gasteiger charge is -2.26. The average Bonchev–Trinajstić information content (AvgIpc) is 2.98. The number of benzene rings is 3. The normalized spacial score (nSPS) is 13.5. The molecule has 0 radical (unpaired) electrons. The second-order valence-electron chi connectivity index (χ2n) is 11.1. The molecule has 0 unspecified atom stereocenters. The van der Waals surface area contributed by atoms with E-state index in [1.54, 1.807) is 6.20 Å². The van der Waals surface area contributed by atoms with Crippen LogP contribution in [0, 0.1) is 6.92 Å². The summed E-state index contributed by atoms with van der Waals surface area (Å²) in [4.78, 5) is 36.8. The number of amides is 2. The molecule has 5 rings (SSSR count). The highest BCUT2D eigenvalue weighted by Gasteiger charge is 2.19. The van der Waals surface area contributed by atoms with Gasteiger partial charge in [0.25, 0.3) is 11.8 Å². The van der Waals surface area contributed by atoms with Crippen molar-refractivity contribution >= 4 is 40.9 Å². The van der Waals surface area contributed by atoms with Gasteiger partial charge in [0.15, 0.2) is 0 Å². The van der Waals surface area contributed by atoms with Gasteiger partial charge < -0.3 is 15.5 Å². The summed E-state index contributed by atoms with van der Waals surface area (Å²) in [5, 5.41) is 6.30. The molecule has 210 valence electrons. The van der Waals surface area contributed by atoms with Crippen LogP contribution < -0.4 is 10.6 Å². The predicted molar refractivity (Wildman–Crippen MR) is 168 cm³/mol. The zero-order valence-corrected chi connectivity index (χ0v) is 24.7. The van der Waals surface area contributed by atoms with Crippen molar-refractivity contribution in [3.8, 4) is 11.3 Å². The molecule has 7 nitrogen and oxygen atoms in total. The number of carbonyl (C=O) groups excluding carboxylic acids is 2. The summed E-state index contributed by atoms with van der Waals surface area (Å²) in [6.45, 7) is 10.0. The minimum Gasteiger partial charge on any atom is -0.337 e. The highest BCUT2D eigenvalue weighted by molar-refractivity contribution is 7.99. The Hall–Kier alpha value is -4.17. The van der Waals surface area contributed by atoms with Gasteiger partial charge in [-0.15, -0.1) is 0 Å². The molecule has 1 fully saturated rings. The Bertz CT molecular complexity index is 1540. The van der Waals surface area contributed by atoms with Gasteiger partial charge in [-0.05, 0) is 72.0 Å². The van der Waals surface area contributed by atoms with Crippen molar-refractivity contribution in [1.29, 1.82) is 0 Å². The van der Waals surface area contributed by atoms with Crippen LogP contribution in [0.25, 0.3) is 11.3 Å². The van der Waals surface area contributed by atoms with Gasteiger partial charge in [-0.1, -0.05) is 45.0 Å². The first-order chi connectivity index (χ1) is 19.7. The van der Waals surface area contributed by atoms with Gasteiger partial charge >= 0.3 is 0 Å². The van der Waals surface area contributed by atoms with E-state index in [1.807, 2.05) is 96.4 Å². The number of nitrogens with zero attached hydrogens (tertiary/aromatic N) is 3. The summed E-state index contributed by atoms with van der Waals surface area (Å²) in [5.74, 6) is 2.33. The highest BCUT2D eigenvalue weighted by Crippen LogP contribution is 2.29. The SMILES string of the molecule is Cc1c(NC(=O)c2ccc(C(C)(C)C)cc2)cccc1-c1ccnc(Nc2ccc(C(=O)N3CCSCC3)cc2)n1. The van der Waals surface area contributed by atoms with Crippen LogP contribution in [0.2, 0.25) is 0 Å². The maximum atomic E-state index is 13.0. The van der Waals surface area contributed by atoms with Gasteiger partial charge in [-0.3, -0.25) is 9.59 Å². The summed E-state index contributed by atoms with van der Waals surface area (Å²) in [7, 11) is 0. The zero-order valence-electron chi connectivity index (χ0n) is 23.9. The number of rotatable bonds is 6. The molecule has 0 spiro atoms. The van der Waals surface area contributed by atoms with Gasteiger partial charge in [-0.25, -0.2) is 9.97 Å². The minimum atomic E-state index is -0.156. The number of carbonyl (C=O) groups is 2. The van der Waals surface area contributed by atoms with Crippen molar-refractivity contribution in [3.63, 3.8) is 0 Å². The fourth-order valence-corrected chi connectivity index (χ4v) is 5.61. The van der Waals surface area contributed by atoms with E-state index in [0.717, 1.165) is 52.8 Å². The molecule has 8 heteroatoms. The molecule has 0 atom stereocenters. The Labute approximate surface area is 245 Å². The molecule has 41 heavy (non-hydrogen) atoms. The van der Waals surface area contributed by atoms with Gasteiger partial charge in [0, 0.05) is 58.9 Å². The maximum Gasteiger partial charge on any atom is 0.255 e. The summed E-state index contributed by atoms with van der Waals surface area (Å²) in [6.07, 6.45) is 1.71. The summed E-state index contributed by atoms with van der Waals surface area (Å²) >= 11 is 1.88. The van der Waals surface area contributed by atoms with E-state index < -0.39 is 0 Å². The number of hydrogen-bond donors (Lipinski definition) is 2. The highest BCUT2D eigenvalue weighted by atomic mass is 32.2. The van der Waals surface area contributed by atoms with Crippen molar-refractivity contribution in [2.45, 2.75) is 33.1 Å². The maximum absolute atomic E-state index is 13.0. The topological polar surface area (TPSA) is 87.2 Å². The Morgan fingerprint density at radius 3 is 2.24 bits per heavy atom. The number of nitrogens with one attached hydrogen (secondary N) is 2. The van der Waals surface area contributed by atoms with Crippen LogP contribution in [0.15, 0.2) is 79.0 Å². The number of aromatic nitrogens is 2. The summed E-state index contributed by atoms with van der Waals surface area (Å²) in [5.41, 5.74) is 6.57. The molecular weight excluding hydrogens is 530 g/mol. The van der Waals surface area contributed by atoms with Crippen molar-refractivity contribution < 1.29 is 9.59 Å². The Balaban J connectivity index is 1.29. The lowest BCUT2D eigenvalue weighted by molar-refractivity contribution is 0.0772. The minimum absolute atomic E-state index is 0.0277. The van der Waals surface area contributed by atoms with E-state index in [9.17, 15) is 9.59 Å². The van der Waals surface area contributed by atoms with Crippen molar-refractivity contribution in [3.05, 3.63) is 101 Å². The molecule has 0 bridgehead atoms. The predicted octanol–water partition coefficient (Wildman–Crippen LogP) is 6.93. The zero-order chi connectivity index (χ0) is 29.0. The van der Waals surface area contributed by atoms with Gasteiger partial charge in [-0.2, -0.15) is 11.8 Å². The second kappa shape index (κ2) is 12.1. The Morgan fingerprint density at radius 2 is 1.56 bits per heavy atom. The molecule has 1 saturated heterocycles. The summed E-state index contributed by atoms with van der Waals surface area (Å²) < 4.78 is 0. The van der Waals surface area contributed by atoms with Crippen molar-refractivity contribution in [2.75, 3.05) is 35.2 Å². The summed E-state index contributed by atoms with van der Waals surface area (Å²) in [6, 6.07) is 22.8. The van der Waals surface area contributed by atoms with Crippen LogP contribution in [0.5, 0.6) is 0 Å². The first-order valence-corrected chi connectivity index (χ1v) is 14.9. The molecule has 4 aromatic rings. The van der Waals surface area contributed by atoms with Crippen molar-refractivity contribution in [1.82, 2.24) is 14.9 Å². The molecule has 1 aromatic heterocycles. The van der Waals surface area contributed by atoms with E-state index in [0.29, 0.717) is 17.1 Å². The number of hydrogen-bond acceptors (Lipinski definition) is 6. The molecular formula is C33H35N5O2S. The molecule has 3 aromatic carbocycles. The third-order valence-electron chi connectivity index (χ3n) is 7.21. The third kappa shape index (κ3) is 6.77. The fraction of sp³-hybridized carbons (Fsp3) is 0.273. The quantitative estimate of drug-likeness (QED) is 0.264. The monoisotopic (exact) mass is 565 g/mol. The Morgan fingerprint density at radius 1 is 0.878 bits per heavy atom. The molecule has 0 saturated carbocycles. The smallest absolute Gasteiger partial charge is 0.255 e. The van der Waals surface area contributed by atoms with Crippen LogP contribution >= 0.6 is 11.8 Å². The van der Waals surface area contributed by atoms with Gasteiger partial charge in [0.1, 0.15) is 0 Å². The molecule has 0 aliphatic carbocycles. The lowest BCUT2D eigenvalue weighted by atomic mass is 9.86. The van der Waals surface area contributed by atoms with Crippen LogP contribution in [-0.2, 0) is 5.41 Å². The van der Waals surface area contributed by atoms with E-state index in [1.165, 1.54) is 5.56 Å². The van der Waals surface area contributed by atoms with E-state index in [4.69, 9.17) is 4.98 Å². The van der Waals surface area contributed by atoms with Crippen LogP contribution in [0.1, 0.15) is 52.6 Å². The van der Waals surface area contributed by atoms with Gasteiger partial charge in [0.05, 0.1) is 5.69 Å². The largest absolute Gasteiger partial charge is 0.337 e. The molecule has 1 aliphatic rings. The standard InChI is InChI=1S/C33H35N5O2S/c1-22-27(6-5-7-28(22)36-30(39)23-8-12-25(13-9-23)33(2,3)4)29-16-17-34-32(37-29)35-26-14-10-24(11-15-26)31(40)38-18-20-41-21-19-38/h5-17H,18-21H2,1-4H3,(H,36,39)(H,34,35,37). The number of anilines is 3. The molecule has 2 heterocycles. The van der Waals surface area contributed by atoms with E-state index in [-0.39, 0.29) is 17.2 Å². The fourth-order valence-electron chi connectivity index (χ4n) is 4.71. The van der Waals surface area contributed by atoms with Crippen molar-refractivity contribution in [2.24, 2.45) is 0 Å². The molecule has 1 aliphatic heterocycles. The van der Waals surface area contributed by atoms with E-state index >= 15 is 0 Å². The Kier molecular flexibility index (Phi) is 8.40. The average molecular weight is 566 g/mol. The van der Waals surface area contributed by atoms with Gasteiger partial charge in [0.2, 0.25) is 5.95 Å². The second-order valence-corrected chi connectivity index (χ2v) is 12.4. The third-order valence-corrected chi connectivity index (χ3v) is 8.16. The lowest BCUT2D eigenvalue weighted by Crippen LogP contribution is -2.37. The van der Waals surface area contributed by atoms with Crippen LogP contribution in [-0.4, -0.2) is 51.3 Å². The van der Waals surface area contributed by atoms with Crippen LogP contribution in [0.4, 0.5) is 17.3 Å². The number of thioether (sulfide) groups is 1. The molecule has 2 N–H and O–H groups in total. The first-order valence-electron chi connectivity index (χ1n) is 13.8. The first kappa shape index (κ1) is 28.4. The van der Waals surface area contributed by atoms with E-state index in [2.05, 4.69) is 36.4 Å². The van der Waals surface area contributed by atoms with Crippen LogP contribution in [0.3, 0.4) is 0 Å².